The monoisotopic (exact) mass is 272 g/mol. The summed E-state index contributed by atoms with van der Waals surface area (Å²) in [5, 5.41) is 13.2. The molecule has 96 valence electrons. The van der Waals surface area contributed by atoms with E-state index < -0.39 is 0 Å². The van der Waals surface area contributed by atoms with Gasteiger partial charge in [-0.25, -0.2) is 4.98 Å². The second kappa shape index (κ2) is 6.14. The number of aromatic nitrogens is 1. The van der Waals surface area contributed by atoms with E-state index >= 15 is 0 Å². The maximum atomic E-state index is 12.0. The molecule has 2 aromatic rings. The number of carbonyl (C=O) groups is 1. The van der Waals surface area contributed by atoms with Crippen molar-refractivity contribution in [1.82, 2.24) is 4.98 Å². The van der Waals surface area contributed by atoms with Gasteiger partial charge in [0.1, 0.15) is 18.1 Å². The summed E-state index contributed by atoms with van der Waals surface area (Å²) < 4.78 is 0. The molecule has 0 aromatic carbocycles. The first-order chi connectivity index (χ1) is 9.20. The maximum absolute atomic E-state index is 12.0. The second-order valence-corrected chi connectivity index (χ2v) is 4.67. The first-order valence-electron chi connectivity index (χ1n) is 5.63. The number of carbonyl (C=O) groups excluding carboxylic acids is 1. The van der Waals surface area contributed by atoms with E-state index in [1.165, 1.54) is 11.3 Å². The Hall–Kier alpha value is -2.16. The van der Waals surface area contributed by atoms with Crippen LogP contribution in [0.1, 0.15) is 20.9 Å². The molecule has 0 fully saturated rings. The highest BCUT2D eigenvalue weighted by molar-refractivity contribution is 7.12. The van der Waals surface area contributed by atoms with Gasteiger partial charge in [0.25, 0.3) is 5.91 Å². The van der Waals surface area contributed by atoms with Gasteiger partial charge in [0.05, 0.1) is 4.88 Å². The highest BCUT2D eigenvalue weighted by Crippen LogP contribution is 2.17. The van der Waals surface area contributed by atoms with Gasteiger partial charge in [0, 0.05) is 0 Å². The number of hydrogen-bond acceptors (Lipinski definition) is 4. The third-order valence-corrected chi connectivity index (χ3v) is 3.37. The Morgan fingerprint density at radius 2 is 2.32 bits per heavy atom. The molecule has 0 aliphatic carbocycles. The van der Waals surface area contributed by atoms with E-state index in [9.17, 15) is 4.79 Å². The SMILES string of the molecule is Cc1ccsc1C(=O)Nc1cccc(C#CCO)n1. The normalized spacial score (nSPS) is 9.58. The predicted octanol–water partition coefficient (Wildman–Crippen LogP) is 2.05. The Morgan fingerprint density at radius 1 is 1.47 bits per heavy atom. The van der Waals surface area contributed by atoms with Crippen LogP contribution >= 0.6 is 11.3 Å². The standard InChI is InChI=1S/C14H12N2O2S/c1-10-7-9-19-13(10)14(18)16-12-6-2-4-11(15-12)5-3-8-17/h2,4,6-7,9,17H,8H2,1H3,(H,15,16,18). The maximum Gasteiger partial charge on any atom is 0.267 e. The van der Waals surface area contributed by atoms with Crippen molar-refractivity contribution in [3.05, 3.63) is 45.8 Å². The second-order valence-electron chi connectivity index (χ2n) is 3.75. The zero-order valence-corrected chi connectivity index (χ0v) is 11.1. The van der Waals surface area contributed by atoms with E-state index in [2.05, 4.69) is 22.1 Å². The third-order valence-electron chi connectivity index (χ3n) is 2.35. The largest absolute Gasteiger partial charge is 0.384 e. The minimum absolute atomic E-state index is 0.174. The molecule has 0 bridgehead atoms. The van der Waals surface area contributed by atoms with Crippen LogP contribution in [0.2, 0.25) is 0 Å². The number of nitrogens with one attached hydrogen (secondary N) is 1. The van der Waals surface area contributed by atoms with Crippen LogP contribution in [0.3, 0.4) is 0 Å². The Labute approximate surface area is 115 Å². The lowest BCUT2D eigenvalue weighted by Crippen LogP contribution is -2.12. The molecule has 5 heteroatoms. The smallest absolute Gasteiger partial charge is 0.267 e. The third kappa shape index (κ3) is 3.41. The van der Waals surface area contributed by atoms with Gasteiger partial charge in [-0.3, -0.25) is 4.79 Å². The summed E-state index contributed by atoms with van der Waals surface area (Å²) in [5.41, 5.74) is 1.45. The molecular weight excluding hydrogens is 260 g/mol. The molecule has 2 rings (SSSR count). The van der Waals surface area contributed by atoms with Gasteiger partial charge in [-0.1, -0.05) is 12.0 Å². The van der Waals surface area contributed by atoms with Crippen LogP contribution in [0.25, 0.3) is 0 Å². The van der Waals surface area contributed by atoms with Gasteiger partial charge >= 0.3 is 0 Å². The molecule has 19 heavy (non-hydrogen) atoms. The molecule has 0 saturated heterocycles. The summed E-state index contributed by atoms with van der Waals surface area (Å²) in [6.07, 6.45) is 0. The van der Waals surface area contributed by atoms with Crippen molar-refractivity contribution >= 4 is 23.1 Å². The molecule has 0 spiro atoms. The van der Waals surface area contributed by atoms with Crippen molar-refractivity contribution in [2.24, 2.45) is 0 Å². The predicted molar refractivity (Wildman–Crippen MR) is 75.2 cm³/mol. The van der Waals surface area contributed by atoms with Crippen LogP contribution in [0.4, 0.5) is 5.82 Å². The lowest BCUT2D eigenvalue weighted by atomic mass is 10.3. The van der Waals surface area contributed by atoms with Crippen molar-refractivity contribution in [2.45, 2.75) is 6.92 Å². The Kier molecular flexibility index (Phi) is 4.29. The van der Waals surface area contributed by atoms with Crippen LogP contribution in [0, 0.1) is 18.8 Å². The fourth-order valence-corrected chi connectivity index (χ4v) is 2.30. The Morgan fingerprint density at radius 3 is 3.00 bits per heavy atom. The summed E-state index contributed by atoms with van der Waals surface area (Å²) >= 11 is 1.39. The van der Waals surface area contributed by atoms with Crippen molar-refractivity contribution in [2.75, 3.05) is 11.9 Å². The van der Waals surface area contributed by atoms with E-state index in [1.54, 1.807) is 18.2 Å². The summed E-state index contributed by atoms with van der Waals surface area (Å²) in [5.74, 6) is 5.48. The van der Waals surface area contributed by atoms with Gasteiger partial charge in [0.15, 0.2) is 0 Å². The number of nitrogens with zero attached hydrogens (tertiary/aromatic N) is 1. The molecule has 2 N–H and O–H groups in total. The molecule has 0 aliphatic heterocycles. The van der Waals surface area contributed by atoms with Crippen LogP contribution in [0.5, 0.6) is 0 Å². The van der Waals surface area contributed by atoms with E-state index in [0.717, 1.165) is 5.56 Å². The number of amides is 1. The average molecular weight is 272 g/mol. The number of aliphatic hydroxyl groups is 1. The van der Waals surface area contributed by atoms with Gasteiger partial charge in [-0.05, 0) is 42.0 Å². The lowest BCUT2D eigenvalue weighted by Gasteiger charge is -2.03. The molecule has 2 heterocycles. The summed E-state index contributed by atoms with van der Waals surface area (Å²) in [6.45, 7) is 1.68. The molecule has 2 aromatic heterocycles. The first kappa shape index (κ1) is 13.3. The number of anilines is 1. The number of pyridine rings is 1. The molecule has 0 aliphatic rings. The molecule has 0 atom stereocenters. The van der Waals surface area contributed by atoms with Crippen molar-refractivity contribution < 1.29 is 9.90 Å². The van der Waals surface area contributed by atoms with Crippen molar-refractivity contribution in [3.8, 4) is 11.8 Å². The topological polar surface area (TPSA) is 62.2 Å². The van der Waals surface area contributed by atoms with Crippen LogP contribution < -0.4 is 5.32 Å². The van der Waals surface area contributed by atoms with Gasteiger partial charge in [0.2, 0.25) is 0 Å². The van der Waals surface area contributed by atoms with Crippen LogP contribution in [-0.4, -0.2) is 22.6 Å². The fourth-order valence-electron chi connectivity index (χ4n) is 1.48. The zero-order valence-electron chi connectivity index (χ0n) is 10.3. The van der Waals surface area contributed by atoms with E-state index in [0.29, 0.717) is 16.4 Å². The van der Waals surface area contributed by atoms with E-state index in [4.69, 9.17) is 5.11 Å². The lowest BCUT2D eigenvalue weighted by molar-refractivity contribution is 0.102. The number of thiophene rings is 1. The minimum atomic E-state index is -0.216. The van der Waals surface area contributed by atoms with Gasteiger partial charge in [-0.2, -0.15) is 0 Å². The minimum Gasteiger partial charge on any atom is -0.384 e. The highest BCUT2D eigenvalue weighted by Gasteiger charge is 2.11. The average Bonchev–Trinajstić information content (AvgIpc) is 2.83. The number of aryl methyl sites for hydroxylation is 1. The van der Waals surface area contributed by atoms with Crippen molar-refractivity contribution in [1.29, 1.82) is 0 Å². The van der Waals surface area contributed by atoms with Gasteiger partial charge < -0.3 is 10.4 Å². The molecule has 4 nitrogen and oxygen atoms in total. The quantitative estimate of drug-likeness (QED) is 0.822. The summed E-state index contributed by atoms with van der Waals surface area (Å²) in [4.78, 5) is 16.9. The summed E-state index contributed by atoms with van der Waals surface area (Å²) in [6, 6.07) is 7.07. The molecule has 0 unspecified atom stereocenters. The number of aliphatic hydroxyl groups excluding tert-OH is 1. The van der Waals surface area contributed by atoms with Gasteiger partial charge in [-0.15, -0.1) is 11.3 Å². The highest BCUT2D eigenvalue weighted by atomic mass is 32.1. The summed E-state index contributed by atoms with van der Waals surface area (Å²) in [7, 11) is 0. The molecule has 0 radical (unpaired) electrons. The number of hydrogen-bond donors (Lipinski definition) is 2. The van der Waals surface area contributed by atoms with Crippen LogP contribution in [-0.2, 0) is 0 Å². The van der Waals surface area contributed by atoms with Crippen molar-refractivity contribution in [3.63, 3.8) is 0 Å². The van der Waals surface area contributed by atoms with E-state index in [-0.39, 0.29) is 12.5 Å². The Bertz CT molecular complexity index is 653. The molecule has 1 amide bonds. The van der Waals surface area contributed by atoms with Crippen LogP contribution in [0.15, 0.2) is 29.6 Å². The zero-order chi connectivity index (χ0) is 13.7. The first-order valence-corrected chi connectivity index (χ1v) is 6.51. The molecule has 0 saturated carbocycles. The fraction of sp³-hybridized carbons (Fsp3) is 0.143. The Balaban J connectivity index is 2.15. The molecular formula is C14H12N2O2S. The number of rotatable bonds is 2. The van der Waals surface area contributed by atoms with E-state index in [1.807, 2.05) is 18.4 Å².